The van der Waals surface area contributed by atoms with Crippen molar-refractivity contribution in [3.63, 3.8) is 0 Å². The summed E-state index contributed by atoms with van der Waals surface area (Å²) < 4.78 is 80.8. The molecule has 1 unspecified atom stereocenters. The third kappa shape index (κ3) is 4.27. The normalized spacial score (nSPS) is 20.4. The number of benzene rings is 1. The van der Waals surface area contributed by atoms with Crippen LogP contribution in [-0.2, 0) is 12.6 Å². The predicted molar refractivity (Wildman–Crippen MR) is 111 cm³/mol. The van der Waals surface area contributed by atoms with E-state index in [1.54, 1.807) is 22.7 Å². The van der Waals surface area contributed by atoms with Crippen LogP contribution in [0.15, 0.2) is 36.5 Å². The summed E-state index contributed by atoms with van der Waals surface area (Å²) in [6.07, 6.45) is -2.36. The Balaban J connectivity index is 1.56. The van der Waals surface area contributed by atoms with Crippen LogP contribution in [-0.4, -0.2) is 26.8 Å². The number of fused-ring (bicyclic) bond motifs is 1. The van der Waals surface area contributed by atoms with E-state index in [-0.39, 0.29) is 22.7 Å². The molecule has 1 spiro atoms. The first-order valence-corrected chi connectivity index (χ1v) is 10.9. The zero-order valence-corrected chi connectivity index (χ0v) is 17.6. The Labute approximate surface area is 186 Å². The highest BCUT2D eigenvalue weighted by Crippen LogP contribution is 2.56. The second kappa shape index (κ2) is 7.63. The topological polar surface area (TPSA) is 42.2 Å². The molecule has 1 atom stereocenters. The van der Waals surface area contributed by atoms with Crippen LogP contribution >= 0.6 is 0 Å². The minimum absolute atomic E-state index is 0.0144. The van der Waals surface area contributed by atoms with E-state index < -0.39 is 29.9 Å². The lowest BCUT2D eigenvalue weighted by Gasteiger charge is -2.32. The summed E-state index contributed by atoms with van der Waals surface area (Å²) in [7, 11) is 0. The van der Waals surface area contributed by atoms with Gasteiger partial charge in [0.2, 0.25) is 5.95 Å². The quantitative estimate of drug-likeness (QED) is 0.436. The Hall–Kier alpha value is -2.78. The Morgan fingerprint density at radius 1 is 1.00 bits per heavy atom. The maximum absolute atomic E-state index is 13.2. The highest BCUT2D eigenvalue weighted by Gasteiger charge is 2.50. The van der Waals surface area contributed by atoms with Crippen LogP contribution < -0.4 is 5.32 Å². The van der Waals surface area contributed by atoms with Gasteiger partial charge in [0.15, 0.2) is 0 Å². The minimum Gasteiger partial charge on any atom is -0.351 e. The lowest BCUT2D eigenvalue weighted by molar-refractivity contribution is -0.138. The number of rotatable bonds is 4. The molecule has 2 fully saturated rings. The van der Waals surface area contributed by atoms with Crippen LogP contribution in [0.1, 0.15) is 49.7 Å². The summed E-state index contributed by atoms with van der Waals surface area (Å²) in [6.45, 7) is 0. The van der Waals surface area contributed by atoms with Crippen molar-refractivity contribution >= 4 is 11.5 Å². The molecule has 1 aromatic carbocycles. The van der Waals surface area contributed by atoms with Gasteiger partial charge in [-0.3, -0.25) is 4.40 Å². The number of halogens is 6. The highest BCUT2D eigenvalue weighted by molar-refractivity contribution is 5.80. The monoisotopic (exact) mass is 468 g/mol. The van der Waals surface area contributed by atoms with Gasteiger partial charge in [-0.05, 0) is 60.9 Å². The van der Waals surface area contributed by atoms with Gasteiger partial charge in [0.05, 0.1) is 17.5 Å². The molecule has 4 nitrogen and oxygen atoms in total. The molecular weight excluding hydrogens is 446 g/mol. The number of aromatic nitrogens is 3. The van der Waals surface area contributed by atoms with E-state index in [1.807, 2.05) is 0 Å². The molecule has 3 aromatic rings. The second-order valence-corrected chi connectivity index (χ2v) is 9.10. The molecule has 2 saturated carbocycles. The van der Waals surface area contributed by atoms with Gasteiger partial charge in [-0.25, -0.2) is 0 Å². The first-order chi connectivity index (χ1) is 15.6. The molecule has 10 heteroatoms. The molecule has 33 heavy (non-hydrogen) atoms. The largest absolute Gasteiger partial charge is 0.416 e. The van der Waals surface area contributed by atoms with E-state index in [9.17, 15) is 26.3 Å². The van der Waals surface area contributed by atoms with Crippen LogP contribution in [0.2, 0.25) is 0 Å². The maximum Gasteiger partial charge on any atom is 0.416 e. The van der Waals surface area contributed by atoms with Crippen molar-refractivity contribution in [2.75, 3.05) is 5.32 Å². The van der Waals surface area contributed by atoms with Gasteiger partial charge in [-0.2, -0.15) is 26.3 Å². The van der Waals surface area contributed by atoms with E-state index in [0.717, 1.165) is 44.2 Å². The van der Waals surface area contributed by atoms with Gasteiger partial charge in [0.25, 0.3) is 0 Å². The lowest BCUT2D eigenvalue weighted by atomic mass is 9.81. The van der Waals surface area contributed by atoms with E-state index in [4.69, 9.17) is 0 Å². The van der Waals surface area contributed by atoms with Crippen LogP contribution in [0.5, 0.6) is 0 Å². The third-order valence-electron chi connectivity index (χ3n) is 6.90. The molecule has 2 aromatic heterocycles. The van der Waals surface area contributed by atoms with Gasteiger partial charge < -0.3 is 5.32 Å². The lowest BCUT2D eigenvalue weighted by Crippen LogP contribution is -2.34. The van der Waals surface area contributed by atoms with Gasteiger partial charge in [0.1, 0.15) is 5.69 Å². The van der Waals surface area contributed by atoms with Gasteiger partial charge in [0, 0.05) is 17.8 Å². The number of hydrogen-bond donors (Lipinski definition) is 1. The number of hydrogen-bond acceptors (Lipinski definition) is 3. The Kier molecular flexibility index (Phi) is 5.10. The molecule has 0 aliphatic heterocycles. The van der Waals surface area contributed by atoms with Crippen molar-refractivity contribution < 1.29 is 26.3 Å². The van der Waals surface area contributed by atoms with E-state index >= 15 is 0 Å². The molecule has 0 saturated heterocycles. The summed E-state index contributed by atoms with van der Waals surface area (Å²) in [6, 6.07) is 6.03. The Morgan fingerprint density at radius 2 is 1.79 bits per heavy atom. The summed E-state index contributed by atoms with van der Waals surface area (Å²) in [5.74, 6) is 0.487. The Morgan fingerprint density at radius 3 is 2.48 bits per heavy atom. The maximum atomic E-state index is 13.2. The number of anilines is 1. The van der Waals surface area contributed by atoms with Crippen molar-refractivity contribution in [2.45, 2.75) is 63.3 Å². The van der Waals surface area contributed by atoms with Crippen molar-refractivity contribution in [1.82, 2.24) is 14.6 Å². The van der Waals surface area contributed by atoms with Gasteiger partial charge in [-0.1, -0.05) is 18.9 Å². The first kappa shape index (κ1) is 22.0. The zero-order valence-electron chi connectivity index (χ0n) is 17.6. The zero-order chi connectivity index (χ0) is 23.4. The fraction of sp³-hybridized carbons (Fsp3) is 0.478. The summed E-state index contributed by atoms with van der Waals surface area (Å²) in [5, 5.41) is 11.9. The molecule has 2 aliphatic carbocycles. The van der Waals surface area contributed by atoms with E-state index in [1.165, 1.54) is 6.42 Å². The summed E-state index contributed by atoms with van der Waals surface area (Å²) in [4.78, 5) is 0. The van der Waals surface area contributed by atoms with Crippen molar-refractivity contribution in [1.29, 1.82) is 0 Å². The highest BCUT2D eigenvalue weighted by atomic mass is 19.4. The molecular formula is C23H22F6N4. The molecule has 1 N–H and O–H groups in total. The van der Waals surface area contributed by atoms with Crippen LogP contribution in [0.25, 0.3) is 16.8 Å². The summed E-state index contributed by atoms with van der Waals surface area (Å²) in [5.41, 5.74) is -0.750. The fourth-order valence-electron chi connectivity index (χ4n) is 5.05. The average molecular weight is 468 g/mol. The molecule has 0 bridgehead atoms. The average Bonchev–Trinajstić information content (AvgIpc) is 3.31. The number of nitrogens with one attached hydrogen (secondary N) is 1. The second-order valence-electron chi connectivity index (χ2n) is 9.10. The minimum atomic E-state index is -4.75. The number of nitrogens with zero attached hydrogens (tertiary/aromatic N) is 3. The summed E-state index contributed by atoms with van der Waals surface area (Å²) >= 11 is 0. The number of alkyl halides is 6. The van der Waals surface area contributed by atoms with E-state index in [2.05, 4.69) is 15.5 Å². The standard InChI is InChI=1S/C23H22F6N4/c24-22(25,26)13-14-12-15(23(27,28)29)6-7-16(14)19-17-4-3-11-33(17)20(32-31-19)30-18-5-1-2-8-21(18)9-10-21/h3-4,6-7,11-12,18H,1-2,5,8-10,13H2,(H,30,32). The fourth-order valence-corrected chi connectivity index (χ4v) is 5.05. The van der Waals surface area contributed by atoms with E-state index in [0.29, 0.717) is 17.5 Å². The predicted octanol–water partition coefficient (Wildman–Crippen LogP) is 6.65. The molecule has 2 heterocycles. The molecule has 5 rings (SSSR count). The van der Waals surface area contributed by atoms with Crippen molar-refractivity contribution in [2.24, 2.45) is 5.41 Å². The smallest absolute Gasteiger partial charge is 0.351 e. The SMILES string of the molecule is FC(F)(F)Cc1cc(C(F)(F)F)ccc1-c1nnc(NC2CCCCC23CC3)n2cccc12. The van der Waals surface area contributed by atoms with Crippen LogP contribution in [0, 0.1) is 5.41 Å². The molecule has 0 radical (unpaired) electrons. The van der Waals surface area contributed by atoms with Gasteiger partial charge in [-0.15, -0.1) is 10.2 Å². The van der Waals surface area contributed by atoms with Crippen molar-refractivity contribution in [3.05, 3.63) is 47.7 Å². The van der Waals surface area contributed by atoms with Crippen LogP contribution in [0.3, 0.4) is 0 Å². The molecule has 0 amide bonds. The van der Waals surface area contributed by atoms with Gasteiger partial charge >= 0.3 is 12.4 Å². The molecule has 176 valence electrons. The van der Waals surface area contributed by atoms with Crippen LogP contribution in [0.4, 0.5) is 32.3 Å². The van der Waals surface area contributed by atoms with Crippen molar-refractivity contribution in [3.8, 4) is 11.3 Å². The third-order valence-corrected chi connectivity index (χ3v) is 6.90. The molecule has 2 aliphatic rings. The Bertz CT molecular complexity index is 1180. The first-order valence-electron chi connectivity index (χ1n) is 10.9.